The van der Waals surface area contributed by atoms with Crippen molar-refractivity contribution in [2.45, 2.75) is 0 Å². The van der Waals surface area contributed by atoms with E-state index < -0.39 is 0 Å². The highest BCUT2D eigenvalue weighted by atomic mass is 35.5. The number of rotatable bonds is 0. The number of aromatic nitrogens is 1. The van der Waals surface area contributed by atoms with Crippen LogP contribution in [0.25, 0.3) is 0 Å². The van der Waals surface area contributed by atoms with Crippen LogP contribution in [0, 0.1) is 6.07 Å². The highest BCUT2D eigenvalue weighted by molar-refractivity contribution is 6.30. The van der Waals surface area contributed by atoms with Gasteiger partial charge in [-0.3, -0.25) is 4.79 Å². The lowest BCUT2D eigenvalue weighted by molar-refractivity contribution is 1.23. The molecule has 1 aromatic rings. The van der Waals surface area contributed by atoms with Gasteiger partial charge in [0.1, 0.15) is 0 Å². The number of hydrogen-bond donors (Lipinski definition) is 1. The minimum atomic E-state index is -0.294. The molecule has 0 aliphatic rings. The SMILES string of the molecule is O=c1[c]c(Cl)cc[nH]1. The summed E-state index contributed by atoms with van der Waals surface area (Å²) >= 11 is 5.37. The van der Waals surface area contributed by atoms with Crippen molar-refractivity contribution >= 4 is 11.6 Å². The number of aromatic amines is 1. The third-order valence-corrected chi connectivity index (χ3v) is 0.898. The fraction of sp³-hybridized carbons (Fsp3) is 0. The van der Waals surface area contributed by atoms with Crippen molar-refractivity contribution in [3.05, 3.63) is 33.7 Å². The van der Waals surface area contributed by atoms with Gasteiger partial charge in [-0.1, -0.05) is 11.6 Å². The summed E-state index contributed by atoms with van der Waals surface area (Å²) in [5.41, 5.74) is -0.294. The van der Waals surface area contributed by atoms with Crippen molar-refractivity contribution in [1.29, 1.82) is 0 Å². The largest absolute Gasteiger partial charge is 0.328 e. The van der Waals surface area contributed by atoms with Crippen LogP contribution in [0.1, 0.15) is 0 Å². The maximum atomic E-state index is 10.3. The molecule has 0 aromatic carbocycles. The maximum Gasteiger partial charge on any atom is 0.257 e. The van der Waals surface area contributed by atoms with Gasteiger partial charge in [-0.05, 0) is 6.07 Å². The van der Waals surface area contributed by atoms with Crippen LogP contribution in [-0.4, -0.2) is 4.98 Å². The molecule has 8 heavy (non-hydrogen) atoms. The first-order valence-corrected chi connectivity index (χ1v) is 2.43. The second-order valence-corrected chi connectivity index (χ2v) is 1.69. The van der Waals surface area contributed by atoms with Crippen molar-refractivity contribution in [2.75, 3.05) is 0 Å². The summed E-state index contributed by atoms with van der Waals surface area (Å²) in [6.07, 6.45) is 1.47. The van der Waals surface area contributed by atoms with Gasteiger partial charge >= 0.3 is 0 Å². The summed E-state index contributed by atoms with van der Waals surface area (Å²) in [5.74, 6) is 0. The molecule has 0 bridgehead atoms. The molecule has 0 saturated carbocycles. The number of pyridine rings is 1. The fourth-order valence-corrected chi connectivity index (χ4v) is 0.526. The molecular weight excluding hydrogens is 126 g/mol. The van der Waals surface area contributed by atoms with Crippen LogP contribution in [0.3, 0.4) is 0 Å². The standard InChI is InChI=1S/C5H3ClNO/c6-4-1-2-7-5(8)3-4/h1-2H,(H,7,8). The minimum Gasteiger partial charge on any atom is -0.328 e. The molecule has 0 spiro atoms. The summed E-state index contributed by atoms with van der Waals surface area (Å²) in [7, 11) is 0. The van der Waals surface area contributed by atoms with Gasteiger partial charge in [0, 0.05) is 6.20 Å². The van der Waals surface area contributed by atoms with Crippen LogP contribution in [-0.2, 0) is 0 Å². The number of H-pyrrole nitrogens is 1. The Balaban J connectivity index is 3.28. The molecule has 0 aliphatic heterocycles. The van der Waals surface area contributed by atoms with E-state index in [1.807, 2.05) is 0 Å². The van der Waals surface area contributed by atoms with E-state index in [9.17, 15) is 4.79 Å². The number of hydrogen-bond acceptors (Lipinski definition) is 1. The lowest BCUT2D eigenvalue weighted by atomic mass is 10.5. The lowest BCUT2D eigenvalue weighted by Gasteiger charge is -1.80. The molecule has 41 valence electrons. The summed E-state index contributed by atoms with van der Waals surface area (Å²) in [6, 6.07) is 3.88. The van der Waals surface area contributed by atoms with Gasteiger partial charge in [-0.25, -0.2) is 0 Å². The number of halogens is 1. The van der Waals surface area contributed by atoms with E-state index in [-0.39, 0.29) is 5.56 Å². The average Bonchev–Trinajstić information content (AvgIpc) is 1.64. The Morgan fingerprint density at radius 1 is 1.75 bits per heavy atom. The van der Waals surface area contributed by atoms with Crippen molar-refractivity contribution in [3.63, 3.8) is 0 Å². The van der Waals surface area contributed by atoms with Crippen molar-refractivity contribution in [2.24, 2.45) is 0 Å². The molecule has 1 aromatic heterocycles. The first-order chi connectivity index (χ1) is 3.79. The molecule has 2 nitrogen and oxygen atoms in total. The van der Waals surface area contributed by atoms with Gasteiger partial charge in [0.25, 0.3) is 5.56 Å². The van der Waals surface area contributed by atoms with Gasteiger partial charge < -0.3 is 4.98 Å². The first-order valence-electron chi connectivity index (χ1n) is 2.05. The third kappa shape index (κ3) is 1.10. The van der Waals surface area contributed by atoms with E-state index in [1.165, 1.54) is 6.20 Å². The average molecular weight is 129 g/mol. The molecule has 3 heteroatoms. The second kappa shape index (κ2) is 2.01. The van der Waals surface area contributed by atoms with Gasteiger partial charge in [0.05, 0.1) is 11.1 Å². The summed E-state index contributed by atoms with van der Waals surface area (Å²) in [6.45, 7) is 0. The molecule has 1 heterocycles. The quantitative estimate of drug-likeness (QED) is 0.552. The Bertz CT molecular complexity index is 230. The van der Waals surface area contributed by atoms with Crippen molar-refractivity contribution < 1.29 is 0 Å². The van der Waals surface area contributed by atoms with E-state index >= 15 is 0 Å². The van der Waals surface area contributed by atoms with Gasteiger partial charge in [0.2, 0.25) is 0 Å². The Morgan fingerprint density at radius 3 is 2.88 bits per heavy atom. The Hall–Kier alpha value is -0.760. The summed E-state index contributed by atoms with van der Waals surface area (Å²) in [5, 5.41) is 0.341. The van der Waals surface area contributed by atoms with Crippen LogP contribution >= 0.6 is 11.6 Å². The smallest absolute Gasteiger partial charge is 0.257 e. The molecular formula is C5H3ClNO. The molecule has 0 unspecified atom stereocenters. The third-order valence-electron chi connectivity index (χ3n) is 0.677. The zero-order valence-electron chi connectivity index (χ0n) is 3.94. The van der Waals surface area contributed by atoms with Crippen LogP contribution < -0.4 is 5.56 Å². The highest BCUT2D eigenvalue weighted by Crippen LogP contribution is 1.97. The van der Waals surface area contributed by atoms with Crippen LogP contribution in [0.5, 0.6) is 0 Å². The van der Waals surface area contributed by atoms with E-state index in [2.05, 4.69) is 11.1 Å². The second-order valence-electron chi connectivity index (χ2n) is 1.28. The van der Waals surface area contributed by atoms with Crippen LogP contribution in [0.15, 0.2) is 17.1 Å². The maximum absolute atomic E-state index is 10.3. The monoisotopic (exact) mass is 128 g/mol. The van der Waals surface area contributed by atoms with Crippen molar-refractivity contribution in [3.8, 4) is 0 Å². The Labute approximate surface area is 51.1 Å². The Kier molecular flexibility index (Phi) is 1.35. The zero-order chi connectivity index (χ0) is 5.98. The molecule has 1 radical (unpaired) electrons. The molecule has 0 amide bonds. The first kappa shape index (κ1) is 5.38. The predicted octanol–water partition coefficient (Wildman–Crippen LogP) is 0.828. The normalized spacial score (nSPS) is 9.12. The van der Waals surface area contributed by atoms with Crippen molar-refractivity contribution in [1.82, 2.24) is 4.98 Å². The predicted molar refractivity (Wildman–Crippen MR) is 30.9 cm³/mol. The fourth-order valence-electron chi connectivity index (χ4n) is 0.377. The van der Waals surface area contributed by atoms with Crippen LogP contribution in [0.4, 0.5) is 0 Å². The summed E-state index contributed by atoms with van der Waals surface area (Å²) in [4.78, 5) is 12.7. The molecule has 0 atom stereocenters. The topological polar surface area (TPSA) is 32.9 Å². The highest BCUT2D eigenvalue weighted by Gasteiger charge is 1.83. The zero-order valence-corrected chi connectivity index (χ0v) is 4.70. The van der Waals surface area contributed by atoms with Gasteiger partial charge in [-0.2, -0.15) is 0 Å². The van der Waals surface area contributed by atoms with E-state index in [1.54, 1.807) is 6.07 Å². The summed E-state index contributed by atoms with van der Waals surface area (Å²) < 4.78 is 0. The lowest BCUT2D eigenvalue weighted by Crippen LogP contribution is -2.01. The van der Waals surface area contributed by atoms with Crippen LogP contribution in [0.2, 0.25) is 5.02 Å². The molecule has 1 N–H and O–H groups in total. The molecule has 1 rings (SSSR count). The van der Waals surface area contributed by atoms with Gasteiger partial charge in [-0.15, -0.1) is 0 Å². The minimum absolute atomic E-state index is 0.294. The van der Waals surface area contributed by atoms with E-state index in [0.29, 0.717) is 5.02 Å². The molecule has 0 fully saturated rings. The number of nitrogens with one attached hydrogen (secondary N) is 1. The van der Waals surface area contributed by atoms with Gasteiger partial charge in [0.15, 0.2) is 0 Å². The Morgan fingerprint density at radius 2 is 2.50 bits per heavy atom. The van der Waals surface area contributed by atoms with E-state index in [0.717, 1.165) is 0 Å². The van der Waals surface area contributed by atoms with E-state index in [4.69, 9.17) is 11.6 Å². The molecule has 0 saturated heterocycles. The molecule has 0 aliphatic carbocycles.